The van der Waals surface area contributed by atoms with Gasteiger partial charge in [-0.3, -0.25) is 10.9 Å². The molecular formula is C15H12Br2N4O2S. The van der Waals surface area contributed by atoms with E-state index in [-0.39, 0.29) is 16.6 Å². The summed E-state index contributed by atoms with van der Waals surface area (Å²) in [5.41, 5.74) is 6.81. The van der Waals surface area contributed by atoms with Gasteiger partial charge in [0.15, 0.2) is 0 Å². The molecule has 0 bridgehead atoms. The Morgan fingerprint density at radius 3 is 1.67 bits per heavy atom. The number of nitrogens with one attached hydrogen (secondary N) is 2. The molecule has 6 nitrogen and oxygen atoms in total. The Balaban J connectivity index is 1.84. The van der Waals surface area contributed by atoms with E-state index in [1.54, 1.807) is 48.8 Å². The summed E-state index contributed by atoms with van der Waals surface area (Å²) in [4.78, 5) is 0. The van der Waals surface area contributed by atoms with Crippen LogP contribution >= 0.6 is 44.1 Å². The van der Waals surface area contributed by atoms with Gasteiger partial charge >= 0.3 is 0 Å². The Hall–Kier alpha value is -1.97. The van der Waals surface area contributed by atoms with Crippen molar-refractivity contribution in [3.8, 4) is 11.5 Å². The van der Waals surface area contributed by atoms with E-state index in [1.807, 2.05) is 0 Å². The summed E-state index contributed by atoms with van der Waals surface area (Å²) >= 11 is 11.5. The van der Waals surface area contributed by atoms with Gasteiger partial charge in [-0.1, -0.05) is 0 Å². The SMILES string of the molecule is Oc1ccc(/C=N/NC(=S)N/N=C/c2ccc(O)c(Br)c2)cc1Br. The smallest absolute Gasteiger partial charge is 0.207 e. The lowest BCUT2D eigenvalue weighted by atomic mass is 10.2. The maximum Gasteiger partial charge on any atom is 0.207 e. The molecule has 0 amide bonds. The standard InChI is InChI=1S/C15H12Br2N4O2S/c16-11-5-9(1-3-13(11)22)7-18-20-15(24)21-19-8-10-2-4-14(23)12(17)6-10/h1-8,22-23H,(H2,20,21,24)/b18-7+,19-8+. The molecule has 0 aliphatic rings. The second kappa shape index (κ2) is 8.76. The minimum atomic E-state index is 0.160. The monoisotopic (exact) mass is 470 g/mol. The minimum Gasteiger partial charge on any atom is -0.507 e. The van der Waals surface area contributed by atoms with E-state index in [2.05, 4.69) is 52.9 Å². The van der Waals surface area contributed by atoms with Crippen molar-refractivity contribution in [3.05, 3.63) is 56.5 Å². The van der Waals surface area contributed by atoms with Crippen molar-refractivity contribution in [2.24, 2.45) is 10.2 Å². The average molecular weight is 472 g/mol. The number of hydrogen-bond acceptors (Lipinski definition) is 5. The van der Waals surface area contributed by atoms with Gasteiger partial charge in [0.2, 0.25) is 5.11 Å². The number of phenolic OH excluding ortho intramolecular Hbond substituents is 2. The van der Waals surface area contributed by atoms with Crippen molar-refractivity contribution in [1.29, 1.82) is 0 Å². The van der Waals surface area contributed by atoms with Crippen LogP contribution in [0.4, 0.5) is 0 Å². The molecule has 0 saturated heterocycles. The van der Waals surface area contributed by atoms with Crippen molar-refractivity contribution in [2.45, 2.75) is 0 Å². The van der Waals surface area contributed by atoms with Gasteiger partial charge < -0.3 is 10.2 Å². The van der Waals surface area contributed by atoms with Crippen LogP contribution in [0, 0.1) is 0 Å². The van der Waals surface area contributed by atoms with Crippen LogP contribution in [-0.4, -0.2) is 27.8 Å². The summed E-state index contributed by atoms with van der Waals surface area (Å²) in [5, 5.41) is 27.0. The molecule has 124 valence electrons. The number of aromatic hydroxyl groups is 2. The number of hydrazone groups is 2. The summed E-state index contributed by atoms with van der Waals surface area (Å²) in [6.45, 7) is 0. The first-order chi connectivity index (χ1) is 11.5. The first-order valence-corrected chi connectivity index (χ1v) is 8.54. The number of phenols is 2. The highest BCUT2D eigenvalue weighted by Crippen LogP contribution is 2.24. The van der Waals surface area contributed by atoms with Crippen molar-refractivity contribution in [2.75, 3.05) is 0 Å². The van der Waals surface area contributed by atoms with Gasteiger partial charge in [-0.15, -0.1) is 0 Å². The highest BCUT2D eigenvalue weighted by Gasteiger charge is 1.98. The molecule has 0 radical (unpaired) electrons. The lowest BCUT2D eigenvalue weighted by Crippen LogP contribution is -2.28. The molecule has 2 aromatic carbocycles. The largest absolute Gasteiger partial charge is 0.507 e. The number of thiocarbonyl (C=S) groups is 1. The van der Waals surface area contributed by atoms with Crippen LogP contribution in [0.5, 0.6) is 11.5 Å². The molecule has 0 aliphatic heterocycles. The van der Waals surface area contributed by atoms with Crippen LogP contribution in [-0.2, 0) is 0 Å². The van der Waals surface area contributed by atoms with E-state index in [4.69, 9.17) is 12.2 Å². The molecule has 0 unspecified atom stereocenters. The molecule has 9 heteroatoms. The van der Waals surface area contributed by atoms with Crippen molar-refractivity contribution >= 4 is 61.6 Å². The third-order valence-electron chi connectivity index (χ3n) is 2.70. The normalized spacial score (nSPS) is 11.1. The topological polar surface area (TPSA) is 89.2 Å². The maximum atomic E-state index is 9.41. The van der Waals surface area contributed by atoms with Gasteiger partial charge in [-0.25, -0.2) is 0 Å². The molecule has 0 saturated carbocycles. The van der Waals surface area contributed by atoms with Gasteiger partial charge in [-0.2, -0.15) is 10.2 Å². The second-order valence-electron chi connectivity index (χ2n) is 4.49. The highest BCUT2D eigenvalue weighted by atomic mass is 79.9. The fourth-order valence-electron chi connectivity index (χ4n) is 1.56. The number of hydrogen-bond donors (Lipinski definition) is 4. The number of rotatable bonds is 4. The minimum absolute atomic E-state index is 0.160. The Morgan fingerprint density at radius 2 is 1.29 bits per heavy atom. The van der Waals surface area contributed by atoms with Crippen LogP contribution in [0.3, 0.4) is 0 Å². The lowest BCUT2D eigenvalue weighted by Gasteiger charge is -2.02. The summed E-state index contributed by atoms with van der Waals surface area (Å²) in [5.74, 6) is 0.319. The van der Waals surface area contributed by atoms with E-state index in [0.717, 1.165) is 11.1 Å². The predicted octanol–water partition coefficient (Wildman–Crippen LogP) is 3.45. The zero-order valence-electron chi connectivity index (χ0n) is 12.1. The zero-order valence-corrected chi connectivity index (χ0v) is 16.1. The lowest BCUT2D eigenvalue weighted by molar-refractivity contribution is 0.471. The summed E-state index contributed by atoms with van der Waals surface area (Å²) in [7, 11) is 0. The summed E-state index contributed by atoms with van der Waals surface area (Å²) < 4.78 is 1.16. The van der Waals surface area contributed by atoms with Gasteiger partial charge in [0.25, 0.3) is 0 Å². The zero-order chi connectivity index (χ0) is 17.5. The first kappa shape index (κ1) is 18.4. The van der Waals surface area contributed by atoms with E-state index in [0.29, 0.717) is 8.95 Å². The molecule has 4 N–H and O–H groups in total. The first-order valence-electron chi connectivity index (χ1n) is 6.55. The van der Waals surface area contributed by atoms with E-state index >= 15 is 0 Å². The van der Waals surface area contributed by atoms with Crippen LogP contribution in [0.25, 0.3) is 0 Å². The Morgan fingerprint density at radius 1 is 0.875 bits per heavy atom. The second-order valence-corrected chi connectivity index (χ2v) is 6.61. The van der Waals surface area contributed by atoms with Crippen LogP contribution in [0.1, 0.15) is 11.1 Å². The predicted molar refractivity (Wildman–Crippen MR) is 106 cm³/mol. The third kappa shape index (κ3) is 5.59. The molecule has 0 aromatic heterocycles. The Bertz CT molecular complexity index is 747. The molecule has 24 heavy (non-hydrogen) atoms. The third-order valence-corrected chi connectivity index (χ3v) is 4.16. The molecule has 0 fully saturated rings. The van der Waals surface area contributed by atoms with Crippen molar-refractivity contribution < 1.29 is 10.2 Å². The van der Waals surface area contributed by atoms with Crippen LogP contribution in [0.2, 0.25) is 0 Å². The van der Waals surface area contributed by atoms with E-state index in [9.17, 15) is 10.2 Å². The van der Waals surface area contributed by atoms with E-state index < -0.39 is 0 Å². The van der Waals surface area contributed by atoms with E-state index in [1.165, 1.54) is 0 Å². The summed E-state index contributed by atoms with van der Waals surface area (Å²) in [6.07, 6.45) is 3.11. The molecule has 0 atom stereocenters. The Labute approximate surface area is 160 Å². The van der Waals surface area contributed by atoms with Gasteiger partial charge in [0.1, 0.15) is 11.5 Å². The number of halogens is 2. The van der Waals surface area contributed by atoms with Gasteiger partial charge in [0, 0.05) is 0 Å². The van der Waals surface area contributed by atoms with Gasteiger partial charge in [0.05, 0.1) is 21.4 Å². The van der Waals surface area contributed by atoms with Gasteiger partial charge in [-0.05, 0) is 91.6 Å². The molecule has 0 aliphatic carbocycles. The fourth-order valence-corrected chi connectivity index (χ4v) is 2.46. The number of nitrogens with zero attached hydrogens (tertiary/aromatic N) is 2. The van der Waals surface area contributed by atoms with Crippen molar-refractivity contribution in [1.82, 2.24) is 10.9 Å². The molecule has 0 heterocycles. The molecule has 0 spiro atoms. The molecule has 2 aromatic rings. The fraction of sp³-hybridized carbons (Fsp3) is 0. The summed E-state index contributed by atoms with van der Waals surface area (Å²) in [6, 6.07) is 9.98. The highest BCUT2D eigenvalue weighted by molar-refractivity contribution is 9.10. The molecule has 2 rings (SSSR count). The quantitative estimate of drug-likeness (QED) is 0.311. The Kier molecular flexibility index (Phi) is 6.71. The van der Waals surface area contributed by atoms with Crippen LogP contribution < -0.4 is 10.9 Å². The average Bonchev–Trinajstić information content (AvgIpc) is 2.54. The maximum absolute atomic E-state index is 9.41. The van der Waals surface area contributed by atoms with Crippen molar-refractivity contribution in [3.63, 3.8) is 0 Å². The molecular weight excluding hydrogens is 460 g/mol. The van der Waals surface area contributed by atoms with Crippen LogP contribution in [0.15, 0.2) is 55.5 Å². The number of benzene rings is 2.